The van der Waals surface area contributed by atoms with E-state index in [1.165, 1.54) is 6.92 Å². The van der Waals surface area contributed by atoms with Crippen molar-refractivity contribution in [2.45, 2.75) is 71.0 Å². The van der Waals surface area contributed by atoms with Crippen LogP contribution in [0.3, 0.4) is 0 Å². The zero-order valence-corrected chi connectivity index (χ0v) is 20.0. The van der Waals surface area contributed by atoms with Gasteiger partial charge in [-0.1, -0.05) is 79.8 Å². The van der Waals surface area contributed by atoms with E-state index in [0.717, 1.165) is 32.1 Å². The third-order valence-electron chi connectivity index (χ3n) is 4.13. The Bertz CT molecular complexity index is 685. The maximum Gasteiger partial charge on any atom is 0.305 e. The maximum absolute atomic E-state index is 11.6. The predicted molar refractivity (Wildman–Crippen MR) is 132 cm³/mol. The van der Waals surface area contributed by atoms with Crippen LogP contribution < -0.4 is 0 Å². The van der Waals surface area contributed by atoms with Crippen LogP contribution in [0, 0.1) is 0 Å². The largest absolute Gasteiger partial charge is 0.463 e. The first-order valence-corrected chi connectivity index (χ1v) is 11.5. The lowest BCUT2D eigenvalue weighted by Gasteiger charge is -2.11. The highest BCUT2D eigenvalue weighted by molar-refractivity contribution is 5.69. The molecule has 2 atom stereocenters. The van der Waals surface area contributed by atoms with E-state index in [9.17, 15) is 19.8 Å². The molecule has 0 saturated carbocycles. The zero-order chi connectivity index (χ0) is 24.6. The topological polar surface area (TPSA) is 93.1 Å². The molecule has 0 aromatic carbocycles. The van der Waals surface area contributed by atoms with Gasteiger partial charge in [0.05, 0.1) is 6.10 Å². The van der Waals surface area contributed by atoms with E-state index in [-0.39, 0.29) is 26.1 Å². The summed E-state index contributed by atoms with van der Waals surface area (Å²) in [4.78, 5) is 22.2. The number of aliphatic hydroxyl groups is 2. The van der Waals surface area contributed by atoms with Crippen LogP contribution >= 0.6 is 0 Å². The molecule has 6 nitrogen and oxygen atoms in total. The van der Waals surface area contributed by atoms with Gasteiger partial charge in [-0.2, -0.15) is 0 Å². The molecule has 2 N–H and O–H groups in total. The van der Waals surface area contributed by atoms with Gasteiger partial charge >= 0.3 is 11.9 Å². The number of ether oxygens (including phenoxy) is 2. The lowest BCUT2D eigenvalue weighted by Crippen LogP contribution is -2.25. The predicted octanol–water partition coefficient (Wildman–Crippen LogP) is 4.90. The zero-order valence-electron chi connectivity index (χ0n) is 20.0. The molecule has 0 amide bonds. The Hall–Kier alpha value is -2.70. The minimum Gasteiger partial charge on any atom is -0.463 e. The summed E-state index contributed by atoms with van der Waals surface area (Å²) in [5.74, 6) is -1.04. The van der Waals surface area contributed by atoms with Crippen molar-refractivity contribution < 1.29 is 29.3 Å². The van der Waals surface area contributed by atoms with Gasteiger partial charge in [-0.3, -0.25) is 9.59 Å². The molecule has 0 aromatic rings. The molecule has 0 aromatic heterocycles. The number of esters is 2. The number of carbonyl (C=O) groups is 2. The Morgan fingerprint density at radius 3 is 1.82 bits per heavy atom. The highest BCUT2D eigenvalue weighted by Gasteiger charge is 2.11. The fraction of sp³-hybridized carbons (Fsp3) is 0.481. The minimum atomic E-state index is -1.06. The third-order valence-corrected chi connectivity index (χ3v) is 4.13. The molecular formula is C27H40O6. The molecule has 184 valence electrons. The first-order chi connectivity index (χ1) is 16.0. The van der Waals surface area contributed by atoms with Crippen LogP contribution in [0.25, 0.3) is 0 Å². The molecule has 0 radical (unpaired) electrons. The van der Waals surface area contributed by atoms with E-state index >= 15 is 0 Å². The lowest BCUT2D eigenvalue weighted by atomic mass is 10.2. The summed E-state index contributed by atoms with van der Waals surface area (Å²) in [6, 6.07) is 0. The molecule has 0 spiro atoms. The normalized spacial score (nSPS) is 14.4. The van der Waals surface area contributed by atoms with Crippen molar-refractivity contribution in [2.24, 2.45) is 0 Å². The molecule has 0 rings (SSSR count). The van der Waals surface area contributed by atoms with Crippen molar-refractivity contribution in [1.29, 1.82) is 0 Å². The number of carbonyl (C=O) groups excluding carboxylic acids is 2. The van der Waals surface area contributed by atoms with Crippen LogP contribution in [-0.2, 0) is 19.1 Å². The summed E-state index contributed by atoms with van der Waals surface area (Å²) in [5, 5.41) is 19.4. The summed E-state index contributed by atoms with van der Waals surface area (Å²) in [6.07, 6.45) is 27.6. The Kier molecular flexibility index (Phi) is 20.7. The average Bonchev–Trinajstić information content (AvgIpc) is 2.79. The third kappa shape index (κ3) is 23.8. The lowest BCUT2D eigenvalue weighted by molar-refractivity contribution is -0.151. The van der Waals surface area contributed by atoms with E-state index in [4.69, 9.17) is 4.74 Å². The van der Waals surface area contributed by atoms with Crippen molar-refractivity contribution in [1.82, 2.24) is 0 Å². The minimum absolute atomic E-state index is 0.0253. The second kappa shape index (κ2) is 22.5. The summed E-state index contributed by atoms with van der Waals surface area (Å²) < 4.78 is 9.48. The van der Waals surface area contributed by atoms with E-state index < -0.39 is 24.1 Å². The summed E-state index contributed by atoms with van der Waals surface area (Å²) in [5.41, 5.74) is 0. The average molecular weight is 461 g/mol. The van der Waals surface area contributed by atoms with Crippen LogP contribution in [-0.4, -0.2) is 47.6 Å². The summed E-state index contributed by atoms with van der Waals surface area (Å²) in [7, 11) is 0. The van der Waals surface area contributed by atoms with Crippen LogP contribution in [0.5, 0.6) is 0 Å². The van der Waals surface area contributed by atoms with Crippen LogP contribution in [0.1, 0.15) is 58.8 Å². The van der Waals surface area contributed by atoms with Gasteiger partial charge in [-0.15, -0.1) is 0 Å². The molecule has 6 heteroatoms. The van der Waals surface area contributed by atoms with E-state index in [1.807, 2.05) is 12.2 Å². The number of allylic oxidation sites excluding steroid dienone is 11. The highest BCUT2D eigenvalue weighted by atomic mass is 16.6. The van der Waals surface area contributed by atoms with Crippen molar-refractivity contribution in [3.8, 4) is 0 Å². The van der Waals surface area contributed by atoms with Gasteiger partial charge < -0.3 is 19.7 Å². The molecule has 0 aliphatic heterocycles. The SMILES string of the molecule is CC/C=C\C/C=C\C/C=C\C/C=C\C/C=C\C=C/C(O)CCC(=O)OC[C@H](O)COC(C)=O. The second-order valence-corrected chi connectivity index (χ2v) is 7.30. The monoisotopic (exact) mass is 460 g/mol. The molecule has 0 aliphatic carbocycles. The Morgan fingerprint density at radius 2 is 1.27 bits per heavy atom. The number of aliphatic hydroxyl groups excluding tert-OH is 2. The van der Waals surface area contributed by atoms with Crippen molar-refractivity contribution in [2.75, 3.05) is 13.2 Å². The standard InChI is InChI=1S/C27H40O6/c1-3-4-5-6-7-8-9-10-11-12-13-14-15-16-17-18-19-25(29)20-21-27(31)33-23-26(30)22-32-24(2)28/h4-5,7-8,10-11,13-14,16-19,25-26,29-30H,3,6,9,12,15,20-23H2,1-2H3/b5-4-,8-7-,11-10-,14-13-,17-16-,19-18-/t25?,26-/m1/s1. The first kappa shape index (κ1) is 30.3. The number of hydrogen-bond acceptors (Lipinski definition) is 6. The van der Waals surface area contributed by atoms with Crippen molar-refractivity contribution in [3.63, 3.8) is 0 Å². The van der Waals surface area contributed by atoms with Gasteiger partial charge in [0.25, 0.3) is 0 Å². The molecule has 0 saturated heterocycles. The van der Waals surface area contributed by atoms with Gasteiger partial charge in [-0.25, -0.2) is 0 Å². The van der Waals surface area contributed by atoms with Gasteiger partial charge in [0.15, 0.2) is 0 Å². The first-order valence-electron chi connectivity index (χ1n) is 11.5. The quantitative estimate of drug-likeness (QED) is 0.172. The molecular weight excluding hydrogens is 420 g/mol. The van der Waals surface area contributed by atoms with Crippen LogP contribution in [0.4, 0.5) is 0 Å². The number of rotatable bonds is 18. The second-order valence-electron chi connectivity index (χ2n) is 7.30. The molecule has 0 bridgehead atoms. The molecule has 0 fully saturated rings. The summed E-state index contributed by atoms with van der Waals surface area (Å²) >= 11 is 0. The fourth-order valence-corrected chi connectivity index (χ4v) is 2.39. The van der Waals surface area contributed by atoms with Gasteiger partial charge in [0, 0.05) is 13.3 Å². The highest BCUT2D eigenvalue weighted by Crippen LogP contribution is 2.02. The molecule has 0 aliphatic rings. The van der Waals surface area contributed by atoms with Gasteiger partial charge in [0.2, 0.25) is 0 Å². The fourth-order valence-electron chi connectivity index (χ4n) is 2.39. The van der Waals surface area contributed by atoms with Gasteiger partial charge in [-0.05, 0) is 38.5 Å². The van der Waals surface area contributed by atoms with Gasteiger partial charge in [0.1, 0.15) is 19.3 Å². The van der Waals surface area contributed by atoms with E-state index in [1.54, 1.807) is 12.2 Å². The Morgan fingerprint density at radius 1 is 0.758 bits per heavy atom. The Labute approximate surface area is 198 Å². The molecule has 0 heterocycles. The van der Waals surface area contributed by atoms with E-state index in [0.29, 0.717) is 0 Å². The summed E-state index contributed by atoms with van der Waals surface area (Å²) in [6.45, 7) is 2.89. The van der Waals surface area contributed by atoms with Crippen molar-refractivity contribution >= 4 is 11.9 Å². The van der Waals surface area contributed by atoms with E-state index in [2.05, 4.69) is 60.3 Å². The molecule has 33 heavy (non-hydrogen) atoms. The molecule has 1 unspecified atom stereocenters. The number of hydrogen-bond donors (Lipinski definition) is 2. The Balaban J connectivity index is 3.80. The maximum atomic E-state index is 11.6. The smallest absolute Gasteiger partial charge is 0.305 e. The van der Waals surface area contributed by atoms with Crippen LogP contribution in [0.2, 0.25) is 0 Å². The van der Waals surface area contributed by atoms with Crippen molar-refractivity contribution in [3.05, 3.63) is 72.9 Å². The van der Waals surface area contributed by atoms with Crippen LogP contribution in [0.15, 0.2) is 72.9 Å².